The van der Waals surface area contributed by atoms with E-state index in [9.17, 15) is 14.7 Å². The minimum atomic E-state index is -1.15. The first kappa shape index (κ1) is 29.8. The summed E-state index contributed by atoms with van der Waals surface area (Å²) in [6.07, 6.45) is 15.7. The second kappa shape index (κ2) is 10.5. The van der Waals surface area contributed by atoms with Crippen LogP contribution in [0, 0.1) is 64.6 Å². The van der Waals surface area contributed by atoms with E-state index in [0.29, 0.717) is 24.2 Å². The van der Waals surface area contributed by atoms with Crippen molar-refractivity contribution in [3.05, 3.63) is 27.2 Å². The van der Waals surface area contributed by atoms with Crippen LogP contribution in [0.3, 0.4) is 0 Å². The summed E-state index contributed by atoms with van der Waals surface area (Å²) in [5.41, 5.74) is -0.188. The Morgan fingerprint density at radius 3 is 2.75 bits per heavy atom. The van der Waals surface area contributed by atoms with Crippen molar-refractivity contribution < 1.29 is 19.4 Å². The molecule has 4 saturated carbocycles. The summed E-state index contributed by atoms with van der Waals surface area (Å²) in [5.74, 6) is 1.77. The van der Waals surface area contributed by atoms with E-state index in [4.69, 9.17) is 9.72 Å². The van der Waals surface area contributed by atoms with Crippen LogP contribution < -0.4 is 0 Å². The van der Waals surface area contributed by atoms with Gasteiger partial charge < -0.3 is 14.6 Å². The molecule has 44 heavy (non-hydrogen) atoms. The zero-order valence-electron chi connectivity index (χ0n) is 27.2. The van der Waals surface area contributed by atoms with Gasteiger partial charge >= 0.3 is 5.97 Å². The standard InChI is InChI=1S/C37H52N2O4S/c1-21(2)29-15-26-16-35(20-40)28-10-9-22(3)27(28)17-36(26,37(29,35)34(41)42)33-14-25(13-24-7-5-6-8-24)31(43-33)18-39-12-11-30-32(19-39)44-23(4)38-30/h15,20-22,24-28,31,33H,5-14,16-19H2,1-4H3,(H,41,42)/t22-,25?,26?,27-,28-,31?,33?,35?,36?,37+/m1/s1. The Labute approximate surface area is 267 Å². The van der Waals surface area contributed by atoms with E-state index in [1.54, 1.807) is 0 Å². The molecule has 10 atom stereocenters. The normalized spacial score (nSPS) is 44.8. The number of ether oxygens (including phenoxy) is 1. The maximum atomic E-state index is 14.1. The molecule has 8 rings (SSSR count). The summed E-state index contributed by atoms with van der Waals surface area (Å²) < 4.78 is 7.43. The van der Waals surface area contributed by atoms with E-state index in [1.807, 2.05) is 11.3 Å². The molecule has 6 unspecified atom stereocenters. The fraction of sp³-hybridized carbons (Fsp3) is 0.811. The highest BCUT2D eigenvalue weighted by Crippen LogP contribution is 2.84. The fourth-order valence-electron chi connectivity index (χ4n) is 12.9. The van der Waals surface area contributed by atoms with Gasteiger partial charge in [0.05, 0.1) is 28.3 Å². The maximum absolute atomic E-state index is 14.1. The van der Waals surface area contributed by atoms with Gasteiger partial charge in [-0.2, -0.15) is 0 Å². The number of carbonyl (C=O) groups is 2. The number of allylic oxidation sites excluding steroid dienone is 1. The zero-order valence-corrected chi connectivity index (χ0v) is 28.0. The van der Waals surface area contributed by atoms with Crippen molar-refractivity contribution in [3.8, 4) is 0 Å². The van der Waals surface area contributed by atoms with Crippen LogP contribution in [0.5, 0.6) is 0 Å². The van der Waals surface area contributed by atoms with E-state index in [1.165, 1.54) is 49.0 Å². The van der Waals surface area contributed by atoms with Gasteiger partial charge in [-0.3, -0.25) is 9.69 Å². The molecule has 1 aromatic rings. The molecule has 2 aliphatic heterocycles. The Balaban J connectivity index is 1.18. The van der Waals surface area contributed by atoms with Gasteiger partial charge in [-0.05, 0) is 80.5 Å². The Morgan fingerprint density at radius 1 is 1.23 bits per heavy atom. The molecule has 1 N–H and O–H groups in total. The summed E-state index contributed by atoms with van der Waals surface area (Å²) in [7, 11) is 0. The number of hydrogen-bond donors (Lipinski definition) is 1. The summed E-state index contributed by atoms with van der Waals surface area (Å²) in [5, 5.41) is 12.7. The lowest BCUT2D eigenvalue weighted by atomic mass is 9.41. The monoisotopic (exact) mass is 620 g/mol. The van der Waals surface area contributed by atoms with E-state index in [-0.39, 0.29) is 30.0 Å². The highest BCUT2D eigenvalue weighted by Gasteiger charge is 2.86. The highest BCUT2D eigenvalue weighted by atomic mass is 32.1. The van der Waals surface area contributed by atoms with Crippen molar-refractivity contribution >= 4 is 23.6 Å². The Bertz CT molecular complexity index is 1360. The number of thiazole rings is 1. The number of carbonyl (C=O) groups excluding carboxylic acids is 1. The molecule has 240 valence electrons. The Kier molecular flexibility index (Phi) is 7.09. The van der Waals surface area contributed by atoms with Gasteiger partial charge in [0.15, 0.2) is 0 Å². The van der Waals surface area contributed by atoms with Gasteiger partial charge in [0, 0.05) is 36.3 Å². The third-order valence-corrected chi connectivity index (χ3v) is 15.4. The lowest BCUT2D eigenvalue weighted by molar-refractivity contribution is -0.197. The third kappa shape index (κ3) is 3.81. The van der Waals surface area contributed by atoms with Crippen molar-refractivity contribution in [2.24, 2.45) is 57.7 Å². The molecule has 1 aromatic heterocycles. The van der Waals surface area contributed by atoms with Gasteiger partial charge in [0.2, 0.25) is 0 Å². The predicted octanol–water partition coefficient (Wildman–Crippen LogP) is 7.09. The van der Waals surface area contributed by atoms with E-state index < -0.39 is 22.2 Å². The van der Waals surface area contributed by atoms with Crippen LogP contribution in [-0.2, 0) is 27.3 Å². The number of hydrogen-bond acceptors (Lipinski definition) is 6. The number of fused-ring (bicyclic) bond motifs is 3. The maximum Gasteiger partial charge on any atom is 0.315 e. The Hall–Kier alpha value is -1.57. The average molecular weight is 621 g/mol. The number of aldehydes is 1. The fourth-order valence-corrected chi connectivity index (χ4v) is 13.9. The topological polar surface area (TPSA) is 79.7 Å². The molecule has 0 aromatic carbocycles. The van der Waals surface area contributed by atoms with Crippen molar-refractivity contribution in [3.63, 3.8) is 0 Å². The first-order chi connectivity index (χ1) is 21.1. The van der Waals surface area contributed by atoms with Crippen molar-refractivity contribution in [1.29, 1.82) is 0 Å². The molecule has 7 heteroatoms. The molecule has 0 spiro atoms. The number of nitrogens with zero attached hydrogens (tertiary/aromatic N) is 2. The SMILES string of the molecule is Cc1nc2c(s1)CN(CC1OC(C34C[C@@H]5[C@H](C)CC[C@H]5C5(C=O)CC3C=C(C(C)C)[C@@]45C(=O)O)CC1CC1CCCC1)CC2. The second-order valence-electron chi connectivity index (χ2n) is 16.5. The predicted molar refractivity (Wildman–Crippen MR) is 171 cm³/mol. The number of carboxylic acids is 1. The van der Waals surface area contributed by atoms with Gasteiger partial charge in [-0.1, -0.05) is 64.5 Å². The highest BCUT2D eigenvalue weighted by molar-refractivity contribution is 7.11. The van der Waals surface area contributed by atoms with Crippen LogP contribution in [-0.4, -0.2) is 52.5 Å². The third-order valence-electron chi connectivity index (χ3n) is 14.4. The summed E-state index contributed by atoms with van der Waals surface area (Å²) in [6, 6.07) is 0. The molecule has 0 amide bonds. The molecular formula is C37H52N2O4S. The van der Waals surface area contributed by atoms with Gasteiger partial charge in [-0.15, -0.1) is 11.3 Å². The van der Waals surface area contributed by atoms with Gasteiger partial charge in [0.1, 0.15) is 11.7 Å². The molecule has 4 bridgehead atoms. The molecule has 6 nitrogen and oxygen atoms in total. The van der Waals surface area contributed by atoms with Crippen molar-refractivity contribution in [2.75, 3.05) is 13.1 Å². The van der Waals surface area contributed by atoms with E-state index >= 15 is 0 Å². The van der Waals surface area contributed by atoms with Crippen molar-refractivity contribution in [2.45, 2.75) is 117 Å². The molecule has 7 aliphatic rings. The first-order valence-corrected chi connectivity index (χ1v) is 18.7. The van der Waals surface area contributed by atoms with Gasteiger partial charge in [-0.25, -0.2) is 4.98 Å². The Morgan fingerprint density at radius 2 is 2.02 bits per heavy atom. The largest absolute Gasteiger partial charge is 0.481 e. The van der Waals surface area contributed by atoms with Crippen LogP contribution in [0.2, 0.25) is 0 Å². The van der Waals surface area contributed by atoms with E-state index in [2.05, 4.69) is 38.7 Å². The number of rotatable bonds is 8. The van der Waals surface area contributed by atoms with Crippen LogP contribution in [0.4, 0.5) is 0 Å². The molecule has 5 aliphatic carbocycles. The minimum absolute atomic E-state index is 0.0994. The molecule has 5 fully saturated rings. The molecule has 1 saturated heterocycles. The number of aryl methyl sites for hydroxylation is 1. The summed E-state index contributed by atoms with van der Waals surface area (Å²) >= 11 is 1.84. The number of aliphatic carboxylic acids is 1. The molecule has 3 heterocycles. The lowest BCUT2D eigenvalue weighted by Gasteiger charge is -2.60. The number of aromatic nitrogens is 1. The minimum Gasteiger partial charge on any atom is -0.481 e. The van der Waals surface area contributed by atoms with Crippen molar-refractivity contribution in [1.82, 2.24) is 9.88 Å². The van der Waals surface area contributed by atoms with Crippen LogP contribution in [0.15, 0.2) is 11.6 Å². The van der Waals surface area contributed by atoms with Crippen LogP contribution in [0.25, 0.3) is 0 Å². The molecular weight excluding hydrogens is 568 g/mol. The summed E-state index contributed by atoms with van der Waals surface area (Å²) in [4.78, 5) is 36.5. The quantitative estimate of drug-likeness (QED) is 0.247. The smallest absolute Gasteiger partial charge is 0.315 e. The van der Waals surface area contributed by atoms with Gasteiger partial charge in [0.25, 0.3) is 0 Å². The zero-order chi connectivity index (χ0) is 30.6. The lowest BCUT2D eigenvalue weighted by Crippen LogP contribution is -2.65. The van der Waals surface area contributed by atoms with Crippen LogP contribution >= 0.6 is 11.3 Å². The average Bonchev–Trinajstić information content (AvgIpc) is 3.83. The molecule has 0 radical (unpaired) electrons. The summed E-state index contributed by atoms with van der Waals surface area (Å²) in [6.45, 7) is 11.7. The number of carboxylic acid groups (broad SMARTS) is 1. The van der Waals surface area contributed by atoms with Crippen LogP contribution in [0.1, 0.15) is 101 Å². The van der Waals surface area contributed by atoms with E-state index in [0.717, 1.165) is 68.2 Å². The second-order valence-corrected chi connectivity index (χ2v) is 17.8. The first-order valence-electron chi connectivity index (χ1n) is 17.9.